The topological polar surface area (TPSA) is 76.1 Å². The number of phenols is 1. The van der Waals surface area contributed by atoms with Gasteiger partial charge in [0.25, 0.3) is 0 Å². The maximum absolute atomic E-state index is 12.4. The first kappa shape index (κ1) is 28.2. The Bertz CT molecular complexity index is 1480. The SMILES string of the molecule is CCS(=O)(=O)c1ccc(-c2ccc3cc(O)ccc3c2Oc2ccc(OCCN3CCCCC3)cc2)s1.Cl. The van der Waals surface area contributed by atoms with Gasteiger partial charge in [-0.2, -0.15) is 0 Å². The maximum atomic E-state index is 12.4. The molecule has 1 aliphatic heterocycles. The molecule has 38 heavy (non-hydrogen) atoms. The summed E-state index contributed by atoms with van der Waals surface area (Å²) in [5.74, 6) is 2.27. The van der Waals surface area contributed by atoms with Crippen LogP contribution in [-0.4, -0.2) is 50.4 Å². The van der Waals surface area contributed by atoms with Crippen LogP contribution in [-0.2, 0) is 9.84 Å². The van der Waals surface area contributed by atoms with E-state index in [4.69, 9.17) is 9.47 Å². The molecule has 0 saturated carbocycles. The van der Waals surface area contributed by atoms with E-state index in [0.29, 0.717) is 22.3 Å². The molecule has 0 unspecified atom stereocenters. The van der Waals surface area contributed by atoms with Crippen LogP contribution >= 0.6 is 23.7 Å². The predicted molar refractivity (Wildman–Crippen MR) is 156 cm³/mol. The molecule has 0 spiro atoms. The van der Waals surface area contributed by atoms with Gasteiger partial charge in [0.15, 0.2) is 9.84 Å². The highest BCUT2D eigenvalue weighted by Crippen LogP contribution is 2.43. The number of piperidine rings is 1. The average Bonchev–Trinajstić information content (AvgIpc) is 3.41. The number of benzene rings is 3. The Morgan fingerprint density at radius 1 is 0.921 bits per heavy atom. The first-order valence-corrected chi connectivity index (χ1v) is 15.1. The summed E-state index contributed by atoms with van der Waals surface area (Å²) in [6.07, 6.45) is 3.86. The highest BCUT2D eigenvalue weighted by atomic mass is 35.5. The molecule has 1 aliphatic rings. The largest absolute Gasteiger partial charge is 0.508 e. The molecule has 9 heteroatoms. The lowest BCUT2D eigenvalue weighted by Gasteiger charge is -2.26. The molecular weight excluding hydrogens is 542 g/mol. The summed E-state index contributed by atoms with van der Waals surface area (Å²) in [7, 11) is -3.30. The number of hydrogen-bond donors (Lipinski definition) is 1. The molecule has 4 aromatic rings. The van der Waals surface area contributed by atoms with Crippen molar-refractivity contribution in [2.75, 3.05) is 32.0 Å². The quantitative estimate of drug-likeness (QED) is 0.229. The van der Waals surface area contributed by atoms with Crippen molar-refractivity contribution in [3.05, 3.63) is 66.7 Å². The van der Waals surface area contributed by atoms with Gasteiger partial charge in [0, 0.05) is 22.4 Å². The van der Waals surface area contributed by atoms with Gasteiger partial charge in [-0.05, 0) is 92.0 Å². The van der Waals surface area contributed by atoms with Crippen LogP contribution in [0.15, 0.2) is 70.9 Å². The monoisotopic (exact) mass is 573 g/mol. The van der Waals surface area contributed by atoms with Crippen LogP contribution in [0, 0.1) is 0 Å². The minimum absolute atomic E-state index is 0. The van der Waals surface area contributed by atoms with E-state index in [1.165, 1.54) is 30.6 Å². The van der Waals surface area contributed by atoms with Gasteiger partial charge in [-0.3, -0.25) is 4.90 Å². The van der Waals surface area contributed by atoms with Crippen LogP contribution in [0.3, 0.4) is 0 Å². The van der Waals surface area contributed by atoms with E-state index in [1.807, 2.05) is 48.5 Å². The van der Waals surface area contributed by atoms with Crippen molar-refractivity contribution in [2.45, 2.75) is 30.4 Å². The van der Waals surface area contributed by atoms with E-state index in [2.05, 4.69) is 4.90 Å². The van der Waals surface area contributed by atoms with E-state index in [-0.39, 0.29) is 23.9 Å². The Balaban J connectivity index is 0.00000336. The van der Waals surface area contributed by atoms with E-state index in [0.717, 1.165) is 46.6 Å². The van der Waals surface area contributed by atoms with Crippen LogP contribution < -0.4 is 9.47 Å². The fraction of sp³-hybridized carbons (Fsp3) is 0.310. The number of hydrogen-bond acceptors (Lipinski definition) is 7. The number of aromatic hydroxyl groups is 1. The first-order chi connectivity index (χ1) is 17.9. The van der Waals surface area contributed by atoms with Crippen molar-refractivity contribution in [1.82, 2.24) is 4.90 Å². The van der Waals surface area contributed by atoms with Crippen LogP contribution in [0.2, 0.25) is 0 Å². The number of phenolic OH excluding ortho intramolecular Hbond substituents is 1. The lowest BCUT2D eigenvalue weighted by Crippen LogP contribution is -2.33. The molecule has 3 aromatic carbocycles. The summed E-state index contributed by atoms with van der Waals surface area (Å²) in [5.41, 5.74) is 0.794. The summed E-state index contributed by atoms with van der Waals surface area (Å²) < 4.78 is 37.5. The molecule has 1 saturated heterocycles. The molecule has 6 nitrogen and oxygen atoms in total. The second kappa shape index (κ2) is 12.4. The molecular formula is C29H32ClNO5S2. The smallest absolute Gasteiger partial charge is 0.187 e. The molecule has 1 fully saturated rings. The summed E-state index contributed by atoms with van der Waals surface area (Å²) >= 11 is 1.24. The molecule has 1 aromatic heterocycles. The fourth-order valence-corrected chi connectivity index (χ4v) is 7.01. The first-order valence-electron chi connectivity index (χ1n) is 12.6. The van der Waals surface area contributed by atoms with Crippen molar-refractivity contribution >= 4 is 44.4 Å². The van der Waals surface area contributed by atoms with E-state index in [9.17, 15) is 13.5 Å². The summed E-state index contributed by atoms with van der Waals surface area (Å²) in [5, 5.41) is 11.6. The van der Waals surface area contributed by atoms with E-state index >= 15 is 0 Å². The van der Waals surface area contributed by atoms with Gasteiger partial charge in [0.05, 0.1) is 5.75 Å². The van der Waals surface area contributed by atoms with E-state index < -0.39 is 9.84 Å². The van der Waals surface area contributed by atoms with E-state index in [1.54, 1.807) is 25.1 Å². The van der Waals surface area contributed by atoms with Gasteiger partial charge in [0.1, 0.15) is 33.8 Å². The van der Waals surface area contributed by atoms with Gasteiger partial charge >= 0.3 is 0 Å². The number of ether oxygens (including phenoxy) is 2. The van der Waals surface area contributed by atoms with Crippen molar-refractivity contribution in [2.24, 2.45) is 0 Å². The predicted octanol–water partition coefficient (Wildman–Crippen LogP) is 7.15. The molecule has 0 atom stereocenters. The zero-order valence-electron chi connectivity index (χ0n) is 21.3. The van der Waals surface area contributed by atoms with Crippen molar-refractivity contribution < 1.29 is 23.0 Å². The van der Waals surface area contributed by atoms with Crippen molar-refractivity contribution in [1.29, 1.82) is 0 Å². The average molecular weight is 574 g/mol. The third-order valence-electron chi connectivity index (χ3n) is 6.66. The zero-order valence-corrected chi connectivity index (χ0v) is 23.7. The Hall–Kier alpha value is -2.78. The molecule has 5 rings (SSSR count). The minimum atomic E-state index is -3.30. The van der Waals surface area contributed by atoms with Gasteiger partial charge in [-0.1, -0.05) is 19.4 Å². The highest BCUT2D eigenvalue weighted by Gasteiger charge is 2.19. The number of thiophene rings is 1. The summed E-state index contributed by atoms with van der Waals surface area (Å²) in [4.78, 5) is 3.25. The van der Waals surface area contributed by atoms with Gasteiger partial charge < -0.3 is 14.6 Å². The molecule has 0 radical (unpaired) electrons. The summed E-state index contributed by atoms with van der Waals surface area (Å²) in [6.45, 7) is 5.53. The second-order valence-electron chi connectivity index (χ2n) is 9.19. The molecule has 0 aliphatic carbocycles. The Morgan fingerprint density at radius 3 is 2.39 bits per heavy atom. The Morgan fingerprint density at radius 2 is 1.66 bits per heavy atom. The Kier molecular flexibility index (Phi) is 9.20. The standard InChI is InChI=1S/C29H31NO5S2.ClH/c1-2-37(32,33)28-15-14-27(36-28)26-12-6-21-20-22(31)7-13-25(21)29(26)35-24-10-8-23(9-11-24)34-19-18-30-16-4-3-5-17-30;/h6-15,20,31H,2-5,16-19H2,1H3;1H. The Labute approximate surface area is 234 Å². The number of sulfone groups is 1. The zero-order chi connectivity index (χ0) is 25.8. The third kappa shape index (κ3) is 6.43. The van der Waals surface area contributed by atoms with Gasteiger partial charge in [-0.15, -0.1) is 23.7 Å². The number of nitrogens with zero attached hydrogens (tertiary/aromatic N) is 1. The number of rotatable bonds is 9. The number of likely N-dealkylation sites (tertiary alicyclic amines) is 1. The maximum Gasteiger partial charge on any atom is 0.187 e. The molecule has 0 bridgehead atoms. The minimum Gasteiger partial charge on any atom is -0.508 e. The van der Waals surface area contributed by atoms with Crippen molar-refractivity contribution in [3.63, 3.8) is 0 Å². The van der Waals surface area contributed by atoms with Crippen LogP contribution in [0.5, 0.6) is 23.0 Å². The van der Waals surface area contributed by atoms with Gasteiger partial charge in [0.2, 0.25) is 0 Å². The fourth-order valence-electron chi connectivity index (χ4n) is 4.56. The lowest BCUT2D eigenvalue weighted by atomic mass is 10.0. The number of fused-ring (bicyclic) bond motifs is 1. The highest BCUT2D eigenvalue weighted by molar-refractivity contribution is 7.93. The van der Waals surface area contributed by atoms with Crippen LogP contribution in [0.1, 0.15) is 26.2 Å². The van der Waals surface area contributed by atoms with Crippen molar-refractivity contribution in [3.8, 4) is 33.4 Å². The number of halogens is 1. The molecule has 202 valence electrons. The summed E-state index contributed by atoms with van der Waals surface area (Å²) in [6, 6.07) is 20.0. The molecule has 1 N–H and O–H groups in total. The molecule has 0 amide bonds. The second-order valence-corrected chi connectivity index (χ2v) is 12.8. The van der Waals surface area contributed by atoms with Crippen LogP contribution in [0.4, 0.5) is 0 Å². The molecule has 2 heterocycles. The van der Waals surface area contributed by atoms with Gasteiger partial charge in [-0.25, -0.2) is 8.42 Å². The van der Waals surface area contributed by atoms with Crippen LogP contribution in [0.25, 0.3) is 21.2 Å². The normalized spacial score (nSPS) is 14.2. The lowest BCUT2D eigenvalue weighted by molar-refractivity contribution is 0.183. The third-order valence-corrected chi connectivity index (χ3v) is 10.1.